The van der Waals surface area contributed by atoms with Crippen LogP contribution < -0.4 is 5.32 Å². The number of likely N-dealkylation sites (tertiary alicyclic amines) is 1. The van der Waals surface area contributed by atoms with Gasteiger partial charge in [-0.2, -0.15) is 0 Å². The molecule has 0 saturated carbocycles. The van der Waals surface area contributed by atoms with Crippen molar-refractivity contribution >= 4 is 18.0 Å². The Hall–Kier alpha value is -3.35. The third-order valence-corrected chi connectivity index (χ3v) is 7.39. The zero-order valence-corrected chi connectivity index (χ0v) is 20.4. The average Bonchev–Trinajstić information content (AvgIpc) is 3.39. The fourth-order valence-electron chi connectivity index (χ4n) is 5.43. The maximum atomic E-state index is 13.0. The Balaban J connectivity index is 1.37. The first kappa shape index (κ1) is 24.8. The summed E-state index contributed by atoms with van der Waals surface area (Å²) in [7, 11) is 0. The monoisotopic (exact) mass is 478 g/mol. The Morgan fingerprint density at radius 3 is 2.29 bits per heavy atom. The van der Waals surface area contributed by atoms with Gasteiger partial charge in [0.2, 0.25) is 5.91 Å². The number of ether oxygens (including phenoxy) is 1. The van der Waals surface area contributed by atoms with E-state index in [1.165, 1.54) is 11.1 Å². The second-order valence-electron chi connectivity index (χ2n) is 9.57. The van der Waals surface area contributed by atoms with E-state index in [1.54, 1.807) is 11.8 Å². The summed E-state index contributed by atoms with van der Waals surface area (Å²) >= 11 is 0. The normalized spacial score (nSPS) is 19.7. The standard InChI is InChI=1S/C28H34N2O5/c1-3-4-9-19(16-26(31)30-15-14-20(18(30)2)27(32)33)29-28(34)35-17-25-23-12-7-5-10-21(23)22-11-6-8-13-24(22)25/h5-8,10-13,18-20,25H,3-4,9,14-17H2,1-2H3,(H,29,34)(H,32,33)/t18?,19-,20?/m0/s1. The van der Waals surface area contributed by atoms with E-state index in [1.807, 2.05) is 24.3 Å². The zero-order chi connectivity index (χ0) is 24.9. The van der Waals surface area contributed by atoms with E-state index in [0.29, 0.717) is 19.4 Å². The summed E-state index contributed by atoms with van der Waals surface area (Å²) in [4.78, 5) is 38.8. The van der Waals surface area contributed by atoms with Gasteiger partial charge in [-0.1, -0.05) is 68.3 Å². The number of carbonyl (C=O) groups is 3. The second-order valence-corrected chi connectivity index (χ2v) is 9.57. The number of hydrogen-bond acceptors (Lipinski definition) is 4. The molecule has 2 aromatic rings. The van der Waals surface area contributed by atoms with Crippen LogP contribution in [-0.2, 0) is 14.3 Å². The molecule has 1 aliphatic carbocycles. The molecule has 1 heterocycles. The maximum absolute atomic E-state index is 13.0. The number of unbranched alkanes of at least 4 members (excludes halogenated alkanes) is 1. The number of carboxylic acid groups (broad SMARTS) is 1. The number of amides is 2. The Bertz CT molecular complexity index is 1040. The lowest BCUT2D eigenvalue weighted by Gasteiger charge is -2.26. The molecule has 2 unspecified atom stereocenters. The summed E-state index contributed by atoms with van der Waals surface area (Å²) in [5, 5.41) is 12.3. The molecule has 1 aliphatic heterocycles. The van der Waals surface area contributed by atoms with Crippen molar-refractivity contribution in [3.8, 4) is 11.1 Å². The lowest BCUT2D eigenvalue weighted by atomic mass is 9.98. The van der Waals surface area contributed by atoms with Gasteiger partial charge in [0.1, 0.15) is 6.61 Å². The highest BCUT2D eigenvalue weighted by Gasteiger charge is 2.38. The third-order valence-electron chi connectivity index (χ3n) is 7.39. The molecule has 2 aromatic carbocycles. The maximum Gasteiger partial charge on any atom is 0.407 e. The number of nitrogens with one attached hydrogen (secondary N) is 1. The Kier molecular flexibility index (Phi) is 7.73. The van der Waals surface area contributed by atoms with Gasteiger partial charge in [0, 0.05) is 31.0 Å². The predicted octanol–water partition coefficient (Wildman–Crippen LogP) is 4.80. The Morgan fingerprint density at radius 1 is 1.09 bits per heavy atom. The van der Waals surface area contributed by atoms with E-state index >= 15 is 0 Å². The van der Waals surface area contributed by atoms with E-state index in [0.717, 1.165) is 24.0 Å². The van der Waals surface area contributed by atoms with E-state index in [-0.39, 0.29) is 36.9 Å². The highest BCUT2D eigenvalue weighted by Crippen LogP contribution is 2.44. The second kappa shape index (κ2) is 10.9. The van der Waals surface area contributed by atoms with Crippen molar-refractivity contribution in [2.24, 2.45) is 5.92 Å². The third kappa shape index (κ3) is 5.34. The van der Waals surface area contributed by atoms with Crippen molar-refractivity contribution in [1.82, 2.24) is 10.2 Å². The minimum absolute atomic E-state index is 0.0257. The number of carbonyl (C=O) groups excluding carboxylic acids is 2. The van der Waals surface area contributed by atoms with Crippen LogP contribution in [0.15, 0.2) is 48.5 Å². The number of fused-ring (bicyclic) bond motifs is 3. The van der Waals surface area contributed by atoms with Crippen LogP contribution in [0.3, 0.4) is 0 Å². The van der Waals surface area contributed by atoms with Gasteiger partial charge in [0.15, 0.2) is 0 Å². The Labute approximate surface area is 206 Å². The van der Waals surface area contributed by atoms with Gasteiger partial charge in [0.05, 0.1) is 5.92 Å². The van der Waals surface area contributed by atoms with Crippen LogP contribution in [0.1, 0.15) is 63.0 Å². The topological polar surface area (TPSA) is 95.9 Å². The van der Waals surface area contributed by atoms with Gasteiger partial charge in [-0.3, -0.25) is 9.59 Å². The number of aliphatic carboxylic acids is 1. The summed E-state index contributed by atoms with van der Waals surface area (Å²) in [5.41, 5.74) is 4.64. The first-order valence-corrected chi connectivity index (χ1v) is 12.5. The number of alkyl carbamates (subject to hydrolysis) is 1. The van der Waals surface area contributed by atoms with Gasteiger partial charge in [-0.05, 0) is 42.0 Å². The van der Waals surface area contributed by atoms with Crippen LogP contribution >= 0.6 is 0 Å². The lowest BCUT2D eigenvalue weighted by Crippen LogP contribution is -2.43. The number of nitrogens with zero attached hydrogens (tertiary/aromatic N) is 1. The van der Waals surface area contributed by atoms with Crippen molar-refractivity contribution in [2.75, 3.05) is 13.2 Å². The van der Waals surface area contributed by atoms with Gasteiger partial charge in [0.25, 0.3) is 0 Å². The van der Waals surface area contributed by atoms with Crippen molar-refractivity contribution in [1.29, 1.82) is 0 Å². The highest BCUT2D eigenvalue weighted by molar-refractivity contribution is 5.81. The molecule has 4 rings (SSSR count). The summed E-state index contributed by atoms with van der Waals surface area (Å²) < 4.78 is 5.67. The van der Waals surface area contributed by atoms with E-state index in [2.05, 4.69) is 36.5 Å². The number of benzene rings is 2. The SMILES string of the molecule is CCCC[C@@H](CC(=O)N1CCC(C(=O)O)C1C)NC(=O)OCC1c2ccccc2-c2ccccc21. The lowest BCUT2D eigenvalue weighted by molar-refractivity contribution is -0.143. The van der Waals surface area contributed by atoms with Crippen molar-refractivity contribution in [3.63, 3.8) is 0 Å². The van der Waals surface area contributed by atoms with Crippen LogP contribution in [0.2, 0.25) is 0 Å². The average molecular weight is 479 g/mol. The minimum atomic E-state index is -0.868. The zero-order valence-electron chi connectivity index (χ0n) is 20.4. The quantitative estimate of drug-likeness (QED) is 0.540. The molecule has 1 saturated heterocycles. The van der Waals surface area contributed by atoms with Crippen molar-refractivity contribution < 1.29 is 24.2 Å². The van der Waals surface area contributed by atoms with E-state index < -0.39 is 18.0 Å². The molecule has 2 amide bonds. The van der Waals surface area contributed by atoms with Crippen LogP contribution in [0.4, 0.5) is 4.79 Å². The summed E-state index contributed by atoms with van der Waals surface area (Å²) in [6.45, 7) is 4.50. The minimum Gasteiger partial charge on any atom is -0.481 e. The largest absolute Gasteiger partial charge is 0.481 e. The van der Waals surface area contributed by atoms with Crippen LogP contribution in [0.25, 0.3) is 11.1 Å². The fourth-order valence-corrected chi connectivity index (χ4v) is 5.43. The molecule has 2 aliphatic rings. The molecule has 7 nitrogen and oxygen atoms in total. The molecule has 0 bridgehead atoms. The van der Waals surface area contributed by atoms with Crippen LogP contribution in [0.5, 0.6) is 0 Å². The van der Waals surface area contributed by atoms with E-state index in [4.69, 9.17) is 4.74 Å². The molecular formula is C28H34N2O5. The van der Waals surface area contributed by atoms with Crippen molar-refractivity contribution in [3.05, 3.63) is 59.7 Å². The number of rotatable bonds is 9. The molecule has 7 heteroatoms. The molecule has 0 aromatic heterocycles. The molecule has 0 spiro atoms. The predicted molar refractivity (Wildman–Crippen MR) is 133 cm³/mol. The molecule has 186 valence electrons. The van der Waals surface area contributed by atoms with Crippen LogP contribution in [0, 0.1) is 5.92 Å². The molecule has 3 atom stereocenters. The summed E-state index contributed by atoms with van der Waals surface area (Å²) in [6, 6.07) is 15.7. The fraction of sp³-hybridized carbons (Fsp3) is 0.464. The Morgan fingerprint density at radius 2 is 1.71 bits per heavy atom. The number of carboxylic acids is 1. The number of hydrogen-bond donors (Lipinski definition) is 2. The van der Waals surface area contributed by atoms with E-state index in [9.17, 15) is 19.5 Å². The molecule has 2 N–H and O–H groups in total. The molecular weight excluding hydrogens is 444 g/mol. The molecule has 0 radical (unpaired) electrons. The first-order valence-electron chi connectivity index (χ1n) is 12.5. The summed E-state index contributed by atoms with van der Waals surface area (Å²) in [5.74, 6) is -1.56. The van der Waals surface area contributed by atoms with Gasteiger partial charge in [-0.15, -0.1) is 0 Å². The smallest absolute Gasteiger partial charge is 0.407 e. The summed E-state index contributed by atoms with van der Waals surface area (Å²) in [6.07, 6.45) is 2.55. The molecule has 35 heavy (non-hydrogen) atoms. The van der Waals surface area contributed by atoms with Crippen molar-refractivity contribution in [2.45, 2.75) is 64.0 Å². The van der Waals surface area contributed by atoms with Gasteiger partial charge < -0.3 is 20.1 Å². The van der Waals surface area contributed by atoms with Gasteiger partial charge in [-0.25, -0.2) is 4.79 Å². The van der Waals surface area contributed by atoms with Gasteiger partial charge >= 0.3 is 12.1 Å². The van der Waals surface area contributed by atoms with Crippen LogP contribution in [-0.4, -0.2) is 53.2 Å². The highest BCUT2D eigenvalue weighted by atomic mass is 16.5. The first-order chi connectivity index (χ1) is 16.9. The molecule has 1 fully saturated rings.